The molecule has 1 aliphatic rings. The molecule has 7 heteroatoms. The van der Waals surface area contributed by atoms with Gasteiger partial charge in [0, 0.05) is 37.6 Å². The van der Waals surface area contributed by atoms with Crippen LogP contribution >= 0.6 is 0 Å². The molecular weight excluding hydrogens is 350 g/mol. The summed E-state index contributed by atoms with van der Waals surface area (Å²) in [5.41, 5.74) is 1.31. The highest BCUT2D eigenvalue weighted by atomic mass is 32.2. The van der Waals surface area contributed by atoms with Crippen LogP contribution in [-0.2, 0) is 16.6 Å². The summed E-state index contributed by atoms with van der Waals surface area (Å²) in [6, 6.07) is 9.70. The average molecular weight is 373 g/mol. The molecule has 0 radical (unpaired) electrons. The van der Waals surface area contributed by atoms with Gasteiger partial charge in [0.15, 0.2) is 0 Å². The van der Waals surface area contributed by atoms with Crippen LogP contribution in [0.5, 0.6) is 0 Å². The van der Waals surface area contributed by atoms with Gasteiger partial charge in [-0.1, -0.05) is 18.9 Å². The van der Waals surface area contributed by atoms with Crippen LogP contribution in [-0.4, -0.2) is 37.3 Å². The lowest BCUT2D eigenvalue weighted by atomic mass is 10.2. The van der Waals surface area contributed by atoms with E-state index in [0.29, 0.717) is 5.56 Å². The van der Waals surface area contributed by atoms with Crippen LogP contribution in [0, 0.1) is 0 Å². The van der Waals surface area contributed by atoms with Crippen molar-refractivity contribution in [3.05, 3.63) is 59.9 Å². The van der Waals surface area contributed by atoms with Crippen molar-refractivity contribution in [2.24, 2.45) is 0 Å². The minimum absolute atomic E-state index is 0.0285. The molecule has 0 aliphatic carbocycles. The maximum atomic E-state index is 12.6. The molecule has 0 bridgehead atoms. The van der Waals surface area contributed by atoms with Crippen molar-refractivity contribution >= 4 is 15.9 Å². The average Bonchev–Trinajstić information content (AvgIpc) is 2.96. The summed E-state index contributed by atoms with van der Waals surface area (Å²) in [7, 11) is -3.63. The highest BCUT2D eigenvalue weighted by Gasteiger charge is 2.19. The molecule has 2 aromatic rings. The van der Waals surface area contributed by atoms with Crippen molar-refractivity contribution in [2.45, 2.75) is 37.1 Å². The summed E-state index contributed by atoms with van der Waals surface area (Å²) in [6.07, 6.45) is 7.61. The molecule has 1 fully saturated rings. The molecule has 3 rings (SSSR count). The molecule has 1 amide bonds. The van der Waals surface area contributed by atoms with Gasteiger partial charge in [-0.2, -0.15) is 0 Å². The van der Waals surface area contributed by atoms with Gasteiger partial charge in [0.25, 0.3) is 5.91 Å². The van der Waals surface area contributed by atoms with Gasteiger partial charge in [0.2, 0.25) is 10.0 Å². The molecule has 1 saturated heterocycles. The standard InChI is InChI=1S/C19H23N3O3S/c23-19(22-12-3-1-2-4-13-22)17-7-9-18(10-8-17)26(24,25)21-15-16-6-5-11-20-14-16/h5-11,14,21H,1-4,12-13,15H2. The van der Waals surface area contributed by atoms with Gasteiger partial charge in [-0.3, -0.25) is 9.78 Å². The number of carbonyl (C=O) groups is 1. The Balaban J connectivity index is 1.67. The lowest BCUT2D eigenvalue weighted by Gasteiger charge is -2.20. The lowest BCUT2D eigenvalue weighted by molar-refractivity contribution is 0.0761. The molecule has 0 spiro atoms. The minimum Gasteiger partial charge on any atom is -0.339 e. The van der Waals surface area contributed by atoms with Gasteiger partial charge in [-0.05, 0) is 48.7 Å². The van der Waals surface area contributed by atoms with Crippen LogP contribution in [0.15, 0.2) is 53.7 Å². The van der Waals surface area contributed by atoms with Crippen LogP contribution in [0.1, 0.15) is 41.6 Å². The third-order valence-electron chi connectivity index (χ3n) is 4.49. The van der Waals surface area contributed by atoms with E-state index in [9.17, 15) is 13.2 Å². The topological polar surface area (TPSA) is 79.4 Å². The van der Waals surface area contributed by atoms with E-state index < -0.39 is 10.0 Å². The van der Waals surface area contributed by atoms with E-state index in [-0.39, 0.29) is 17.3 Å². The molecular formula is C19H23N3O3S. The van der Waals surface area contributed by atoms with E-state index in [1.54, 1.807) is 36.7 Å². The van der Waals surface area contributed by atoms with Gasteiger partial charge in [-0.15, -0.1) is 0 Å². The summed E-state index contributed by atoms with van der Waals surface area (Å²) >= 11 is 0. The smallest absolute Gasteiger partial charge is 0.253 e. The fourth-order valence-corrected chi connectivity index (χ4v) is 4.02. The van der Waals surface area contributed by atoms with E-state index in [4.69, 9.17) is 0 Å². The molecule has 1 aromatic heterocycles. The molecule has 0 saturated carbocycles. The fourth-order valence-electron chi connectivity index (χ4n) is 3.00. The quantitative estimate of drug-likeness (QED) is 0.874. The number of nitrogens with one attached hydrogen (secondary N) is 1. The molecule has 0 atom stereocenters. The first-order valence-electron chi connectivity index (χ1n) is 8.84. The molecule has 0 unspecified atom stereocenters. The predicted octanol–water partition coefficient (Wildman–Crippen LogP) is 2.58. The highest BCUT2D eigenvalue weighted by Crippen LogP contribution is 2.16. The van der Waals surface area contributed by atoms with E-state index in [2.05, 4.69) is 9.71 Å². The Bertz CT molecular complexity index is 828. The van der Waals surface area contributed by atoms with E-state index >= 15 is 0 Å². The third-order valence-corrected chi connectivity index (χ3v) is 5.91. The Hall–Kier alpha value is -2.25. The number of hydrogen-bond acceptors (Lipinski definition) is 4. The van der Waals surface area contributed by atoms with E-state index in [1.807, 2.05) is 4.90 Å². The van der Waals surface area contributed by atoms with E-state index in [1.165, 1.54) is 12.1 Å². The Morgan fingerprint density at radius 3 is 2.35 bits per heavy atom. The van der Waals surface area contributed by atoms with Crippen molar-refractivity contribution in [3.63, 3.8) is 0 Å². The fraction of sp³-hybridized carbons (Fsp3) is 0.368. The van der Waals surface area contributed by atoms with Crippen molar-refractivity contribution in [3.8, 4) is 0 Å². The minimum atomic E-state index is -3.63. The predicted molar refractivity (Wildman–Crippen MR) is 99.1 cm³/mol. The van der Waals surface area contributed by atoms with Crippen molar-refractivity contribution < 1.29 is 13.2 Å². The summed E-state index contributed by atoms with van der Waals surface area (Å²) in [6.45, 7) is 1.71. The second-order valence-corrected chi connectivity index (χ2v) is 8.18. The summed E-state index contributed by atoms with van der Waals surface area (Å²) in [4.78, 5) is 18.5. The Morgan fingerprint density at radius 1 is 1.04 bits per heavy atom. The molecule has 1 N–H and O–H groups in total. The van der Waals surface area contributed by atoms with Crippen molar-refractivity contribution in [1.29, 1.82) is 0 Å². The van der Waals surface area contributed by atoms with Crippen LogP contribution in [0.25, 0.3) is 0 Å². The van der Waals surface area contributed by atoms with Crippen molar-refractivity contribution in [2.75, 3.05) is 13.1 Å². The number of nitrogens with zero attached hydrogens (tertiary/aromatic N) is 2. The summed E-state index contributed by atoms with van der Waals surface area (Å²) in [5.74, 6) is -0.0285. The molecule has 138 valence electrons. The zero-order valence-electron chi connectivity index (χ0n) is 14.6. The van der Waals surface area contributed by atoms with Gasteiger partial charge < -0.3 is 4.90 Å². The van der Waals surface area contributed by atoms with Gasteiger partial charge in [-0.25, -0.2) is 13.1 Å². The summed E-state index contributed by atoms with van der Waals surface area (Å²) in [5, 5.41) is 0. The number of pyridine rings is 1. The van der Waals surface area contributed by atoms with E-state index in [0.717, 1.165) is 44.3 Å². The number of carbonyl (C=O) groups excluding carboxylic acids is 1. The SMILES string of the molecule is O=C(c1ccc(S(=O)(=O)NCc2cccnc2)cc1)N1CCCCCC1. The second kappa shape index (κ2) is 8.42. The number of amides is 1. The lowest BCUT2D eigenvalue weighted by Crippen LogP contribution is -2.31. The maximum absolute atomic E-state index is 12.6. The number of rotatable bonds is 5. The highest BCUT2D eigenvalue weighted by molar-refractivity contribution is 7.89. The summed E-state index contributed by atoms with van der Waals surface area (Å²) < 4.78 is 27.4. The molecule has 26 heavy (non-hydrogen) atoms. The Kier molecular flexibility index (Phi) is 6.00. The van der Waals surface area contributed by atoms with Crippen LogP contribution in [0.2, 0.25) is 0 Å². The van der Waals surface area contributed by atoms with Gasteiger partial charge >= 0.3 is 0 Å². The van der Waals surface area contributed by atoms with Gasteiger partial charge in [0.1, 0.15) is 0 Å². The molecule has 1 aliphatic heterocycles. The third kappa shape index (κ3) is 4.68. The van der Waals surface area contributed by atoms with Gasteiger partial charge in [0.05, 0.1) is 4.90 Å². The Labute approximate surface area is 154 Å². The molecule has 2 heterocycles. The maximum Gasteiger partial charge on any atom is 0.253 e. The number of likely N-dealkylation sites (tertiary alicyclic amines) is 1. The first kappa shape index (κ1) is 18.5. The van der Waals surface area contributed by atoms with Crippen LogP contribution in [0.3, 0.4) is 0 Å². The van der Waals surface area contributed by atoms with Crippen molar-refractivity contribution in [1.82, 2.24) is 14.6 Å². The number of aromatic nitrogens is 1. The zero-order chi connectivity index (χ0) is 18.4. The van der Waals surface area contributed by atoms with Crippen LogP contribution < -0.4 is 4.72 Å². The number of hydrogen-bond donors (Lipinski definition) is 1. The molecule has 6 nitrogen and oxygen atoms in total. The zero-order valence-corrected chi connectivity index (χ0v) is 15.4. The molecule has 1 aromatic carbocycles. The Morgan fingerprint density at radius 2 is 1.73 bits per heavy atom. The number of sulfonamides is 1. The first-order chi connectivity index (χ1) is 12.6. The monoisotopic (exact) mass is 373 g/mol. The number of benzene rings is 1. The second-order valence-electron chi connectivity index (χ2n) is 6.42. The normalized spacial score (nSPS) is 15.5. The first-order valence-corrected chi connectivity index (χ1v) is 10.3. The largest absolute Gasteiger partial charge is 0.339 e. The van der Waals surface area contributed by atoms with Crippen LogP contribution in [0.4, 0.5) is 0 Å².